The zero-order valence-corrected chi connectivity index (χ0v) is 28.2. The van der Waals surface area contributed by atoms with E-state index in [0.29, 0.717) is 71.0 Å². The van der Waals surface area contributed by atoms with Gasteiger partial charge in [-0.3, -0.25) is 19.5 Å². The summed E-state index contributed by atoms with van der Waals surface area (Å²) < 4.78 is 19.2. The number of nitrogens with one attached hydrogen (secondary N) is 1. The molecule has 1 atom stereocenters. The molecule has 6 rings (SSSR count). The van der Waals surface area contributed by atoms with E-state index in [9.17, 15) is 9.59 Å². The maximum Gasteiger partial charge on any atom is 0.354 e. The number of aryl methyl sites for hydroxylation is 1. The number of amides is 1. The van der Waals surface area contributed by atoms with Crippen LogP contribution in [0.3, 0.4) is 0 Å². The second-order valence-corrected chi connectivity index (χ2v) is 12.8. The monoisotopic (exact) mass is 656 g/mol. The van der Waals surface area contributed by atoms with Gasteiger partial charge in [-0.15, -0.1) is 0 Å². The van der Waals surface area contributed by atoms with E-state index >= 15 is 4.39 Å². The third-order valence-corrected chi connectivity index (χ3v) is 9.66. The maximum atomic E-state index is 17.9. The number of carbonyl (C=O) groups excluding carboxylic acids is 1. The predicted octanol–water partition coefficient (Wildman–Crippen LogP) is 5.84. The van der Waals surface area contributed by atoms with Crippen LogP contribution in [0, 0.1) is 18.7 Å². The highest BCUT2D eigenvalue weighted by atomic mass is 35.5. The van der Waals surface area contributed by atoms with Crippen molar-refractivity contribution in [2.75, 3.05) is 50.1 Å². The first-order valence-electron chi connectivity index (χ1n) is 15.6. The predicted molar refractivity (Wildman–Crippen MR) is 189 cm³/mol. The number of fused-ring (bicyclic) bond motifs is 3. The number of hydrogen-bond acceptors (Lipinski definition) is 7. The molecule has 1 saturated heterocycles. The Morgan fingerprint density at radius 2 is 1.94 bits per heavy atom. The quantitative estimate of drug-likeness (QED) is 0.159. The van der Waals surface area contributed by atoms with Crippen LogP contribution in [-0.4, -0.2) is 82.6 Å². The van der Waals surface area contributed by atoms with Crippen LogP contribution < -0.4 is 15.5 Å². The topological polar surface area (TPSA) is 103 Å². The Labute approximate surface area is 277 Å². The molecule has 2 aromatic heterocycles. The molecule has 2 aliphatic rings. The normalized spacial score (nSPS) is 17.3. The van der Waals surface area contributed by atoms with Crippen LogP contribution in [0.5, 0.6) is 0 Å². The smallest absolute Gasteiger partial charge is 0.354 e. The molecule has 1 fully saturated rings. The van der Waals surface area contributed by atoms with Gasteiger partial charge in [0, 0.05) is 56.8 Å². The van der Waals surface area contributed by atoms with E-state index in [1.54, 1.807) is 24.2 Å². The van der Waals surface area contributed by atoms with Crippen LogP contribution in [0.25, 0.3) is 38.6 Å². The van der Waals surface area contributed by atoms with Crippen molar-refractivity contribution in [2.45, 2.75) is 33.7 Å². The van der Waals surface area contributed by atoms with Crippen molar-refractivity contribution in [3.63, 3.8) is 0 Å². The molecule has 0 spiro atoms. The fraction of sp³-hybridized carbons (Fsp3) is 0.343. The van der Waals surface area contributed by atoms with Gasteiger partial charge in [-0.2, -0.15) is 10.1 Å². The van der Waals surface area contributed by atoms with Gasteiger partial charge in [0.25, 0.3) is 0 Å². The van der Waals surface area contributed by atoms with Crippen LogP contribution in [0.4, 0.5) is 15.9 Å². The van der Waals surface area contributed by atoms with Gasteiger partial charge >= 0.3 is 5.69 Å². The van der Waals surface area contributed by atoms with Crippen LogP contribution >= 0.6 is 11.6 Å². The fourth-order valence-electron chi connectivity index (χ4n) is 7.08. The molecule has 4 heterocycles. The lowest BCUT2D eigenvalue weighted by atomic mass is 9.93. The standard InChI is InChI=1S/C35H38ClFN8O2/c1-9-19(5)31(30(38-7)18(3)4)45-33-27-32(28(36)26(29(33)37)25-20(6)11-12-23-22(25)15-39-41-23)42(8)16-21-17-43(24(46)10-2)13-14-44(21)34(27)40-35(45)47/h9-12,15,18,21H,1-2,13-14,16-17H2,3-8H3,(H,39,41)/b31-19+,38-30-. The highest BCUT2D eigenvalue weighted by molar-refractivity contribution is 6.39. The number of hydrogen-bond donors (Lipinski definition) is 1. The number of rotatable bonds is 6. The van der Waals surface area contributed by atoms with Crippen LogP contribution in [-0.2, 0) is 4.79 Å². The van der Waals surface area contributed by atoms with Crippen molar-refractivity contribution in [3.05, 3.63) is 76.1 Å². The minimum Gasteiger partial charge on any atom is -0.371 e. The largest absolute Gasteiger partial charge is 0.371 e. The van der Waals surface area contributed by atoms with E-state index in [-0.39, 0.29) is 34.0 Å². The number of H-pyrrole nitrogens is 1. The summed E-state index contributed by atoms with van der Waals surface area (Å²) in [6, 6.07) is 3.52. The van der Waals surface area contributed by atoms with Crippen molar-refractivity contribution in [2.24, 2.45) is 10.9 Å². The summed E-state index contributed by atoms with van der Waals surface area (Å²) in [5.74, 6) is -0.613. The van der Waals surface area contributed by atoms with Crippen molar-refractivity contribution >= 4 is 62.2 Å². The lowest BCUT2D eigenvalue weighted by molar-refractivity contribution is -0.126. The highest BCUT2D eigenvalue weighted by Gasteiger charge is 2.39. The number of aromatic amines is 1. The van der Waals surface area contributed by atoms with Crippen molar-refractivity contribution < 1.29 is 9.18 Å². The Balaban J connectivity index is 1.81. The summed E-state index contributed by atoms with van der Waals surface area (Å²) in [5, 5.41) is 8.51. The van der Waals surface area contributed by atoms with E-state index in [4.69, 9.17) is 11.6 Å². The molecular formula is C35H38ClFN8O2. The average Bonchev–Trinajstić information content (AvgIpc) is 3.48. The lowest BCUT2D eigenvalue weighted by Gasteiger charge is -2.41. The van der Waals surface area contributed by atoms with E-state index in [1.165, 1.54) is 10.6 Å². The summed E-state index contributed by atoms with van der Waals surface area (Å²) in [4.78, 5) is 42.1. The number of benzene rings is 2. The van der Waals surface area contributed by atoms with Crippen molar-refractivity contribution in [1.82, 2.24) is 24.6 Å². The summed E-state index contributed by atoms with van der Waals surface area (Å²) in [6.07, 6.45) is 4.60. The number of carbonyl (C=O) groups is 1. The number of anilines is 2. The summed E-state index contributed by atoms with van der Waals surface area (Å²) in [5.41, 5.74) is 3.84. The molecule has 0 saturated carbocycles. The van der Waals surface area contributed by atoms with Crippen molar-refractivity contribution in [3.8, 4) is 11.1 Å². The molecule has 4 aromatic rings. The van der Waals surface area contributed by atoms with Gasteiger partial charge in [-0.25, -0.2) is 9.18 Å². The highest BCUT2D eigenvalue weighted by Crippen LogP contribution is 2.50. The van der Waals surface area contributed by atoms with E-state index in [2.05, 4.69) is 33.3 Å². The molecule has 0 aliphatic carbocycles. The Morgan fingerprint density at radius 1 is 1.19 bits per heavy atom. The van der Waals surface area contributed by atoms with Gasteiger partial charge < -0.3 is 14.7 Å². The molecule has 1 N–H and O–H groups in total. The first kappa shape index (κ1) is 32.2. The number of halogens is 2. The SMILES string of the molecule is C=CC(=O)N1CCN2c3nc(=O)n(C(/C(=N\C)C(C)C)=C(\C)C=C)c4c(F)c(-c5c(C)ccc6[nH]ncc56)c(Cl)c(c34)N(C)CC2C1. The van der Waals surface area contributed by atoms with Gasteiger partial charge in [0.15, 0.2) is 5.82 Å². The van der Waals surface area contributed by atoms with Crippen LogP contribution in [0.2, 0.25) is 5.02 Å². The number of nitrogens with zero attached hydrogens (tertiary/aromatic N) is 7. The Hall–Kier alpha value is -4.77. The second kappa shape index (κ2) is 12.1. The maximum absolute atomic E-state index is 17.9. The lowest BCUT2D eigenvalue weighted by Crippen LogP contribution is -2.57. The third-order valence-electron chi connectivity index (χ3n) is 9.29. The summed E-state index contributed by atoms with van der Waals surface area (Å²) in [7, 11) is 3.55. The number of allylic oxidation sites excluding steroid dienone is 3. The first-order chi connectivity index (χ1) is 22.4. The molecule has 0 bridgehead atoms. The number of aliphatic imine (C=N–C) groups is 1. The average molecular weight is 657 g/mol. The van der Waals surface area contributed by atoms with Crippen LogP contribution in [0.15, 0.2) is 59.0 Å². The van der Waals surface area contributed by atoms with Crippen molar-refractivity contribution in [1.29, 1.82) is 0 Å². The summed E-state index contributed by atoms with van der Waals surface area (Å²) in [6.45, 7) is 16.9. The zero-order valence-electron chi connectivity index (χ0n) is 27.5. The fourth-order valence-corrected chi connectivity index (χ4v) is 7.50. The van der Waals surface area contributed by atoms with E-state index < -0.39 is 11.5 Å². The molecule has 47 heavy (non-hydrogen) atoms. The molecule has 10 nitrogen and oxygen atoms in total. The minimum absolute atomic E-state index is 0.0457. The van der Waals surface area contributed by atoms with Gasteiger partial charge in [0.05, 0.1) is 45.3 Å². The van der Waals surface area contributed by atoms with Gasteiger partial charge in [0.1, 0.15) is 11.3 Å². The van der Waals surface area contributed by atoms with Gasteiger partial charge in [-0.05, 0) is 43.0 Å². The number of aromatic nitrogens is 4. The Morgan fingerprint density at radius 3 is 2.60 bits per heavy atom. The third kappa shape index (κ3) is 4.95. The molecule has 244 valence electrons. The van der Waals surface area contributed by atoms with E-state index in [1.807, 2.05) is 56.7 Å². The Bertz CT molecular complexity index is 2110. The molecule has 2 aliphatic heterocycles. The minimum atomic E-state index is -0.660. The first-order valence-corrected chi connectivity index (χ1v) is 15.9. The Kier molecular flexibility index (Phi) is 8.29. The van der Waals surface area contributed by atoms with E-state index in [0.717, 1.165) is 11.1 Å². The van der Waals surface area contributed by atoms with Crippen LogP contribution in [0.1, 0.15) is 26.3 Å². The summed E-state index contributed by atoms with van der Waals surface area (Å²) >= 11 is 7.37. The number of piperazine rings is 1. The second-order valence-electron chi connectivity index (χ2n) is 12.4. The molecule has 0 radical (unpaired) electrons. The molecule has 1 unspecified atom stereocenters. The molecule has 12 heteroatoms. The molecule has 2 aromatic carbocycles. The van der Waals surface area contributed by atoms with Gasteiger partial charge in [-0.1, -0.05) is 50.7 Å². The molecule has 1 amide bonds. The zero-order chi connectivity index (χ0) is 33.9. The number of likely N-dealkylation sites (N-methyl/N-ethyl adjacent to an activating group) is 1. The van der Waals surface area contributed by atoms with Gasteiger partial charge in [0.2, 0.25) is 5.91 Å². The molecular weight excluding hydrogens is 619 g/mol.